The predicted octanol–water partition coefficient (Wildman–Crippen LogP) is 5.09. The molecule has 6 heteroatoms. The molecule has 5 rings (SSSR count). The Balaban J connectivity index is 1.37. The number of amides is 3. The quantitative estimate of drug-likeness (QED) is 0.517. The highest BCUT2D eigenvalue weighted by Gasteiger charge is 2.27. The highest BCUT2D eigenvalue weighted by molar-refractivity contribution is 6.04. The van der Waals surface area contributed by atoms with E-state index < -0.39 is 0 Å². The van der Waals surface area contributed by atoms with Gasteiger partial charge in [0, 0.05) is 36.2 Å². The van der Waals surface area contributed by atoms with Crippen molar-refractivity contribution < 1.29 is 9.59 Å². The van der Waals surface area contributed by atoms with Crippen molar-refractivity contribution in [3.63, 3.8) is 0 Å². The monoisotopic (exact) mass is 440 g/mol. The summed E-state index contributed by atoms with van der Waals surface area (Å²) in [6.45, 7) is 3.59. The summed E-state index contributed by atoms with van der Waals surface area (Å²) in [6.07, 6.45) is 2.99. The second-order valence-electron chi connectivity index (χ2n) is 8.87. The Kier molecular flexibility index (Phi) is 5.73. The van der Waals surface area contributed by atoms with Crippen LogP contribution in [0.15, 0.2) is 66.7 Å². The molecule has 0 saturated heterocycles. The minimum atomic E-state index is -0.339. The maximum Gasteiger partial charge on any atom is 0.323 e. The van der Waals surface area contributed by atoms with Crippen LogP contribution in [0.4, 0.5) is 21.9 Å². The molecule has 0 bridgehead atoms. The number of anilines is 3. The summed E-state index contributed by atoms with van der Waals surface area (Å²) in [5.74, 6) is -0.0888. The van der Waals surface area contributed by atoms with Crippen LogP contribution in [-0.2, 0) is 13.0 Å². The average molecular weight is 441 g/mol. The van der Waals surface area contributed by atoms with E-state index in [4.69, 9.17) is 0 Å². The number of aryl methyl sites for hydroxylation is 1. The molecule has 1 aliphatic carbocycles. The van der Waals surface area contributed by atoms with E-state index >= 15 is 0 Å². The van der Waals surface area contributed by atoms with Crippen LogP contribution >= 0.6 is 0 Å². The molecule has 3 amide bonds. The Labute approximate surface area is 194 Å². The molecule has 0 atom stereocenters. The largest absolute Gasteiger partial charge is 0.366 e. The highest BCUT2D eigenvalue weighted by Crippen LogP contribution is 2.30. The molecule has 1 saturated carbocycles. The molecule has 168 valence electrons. The van der Waals surface area contributed by atoms with E-state index in [1.807, 2.05) is 43.3 Å². The molecule has 6 nitrogen and oxygen atoms in total. The van der Waals surface area contributed by atoms with Crippen molar-refractivity contribution in [3.8, 4) is 0 Å². The van der Waals surface area contributed by atoms with E-state index in [9.17, 15) is 9.59 Å². The van der Waals surface area contributed by atoms with Gasteiger partial charge in [-0.05, 0) is 73.2 Å². The molecule has 33 heavy (non-hydrogen) atoms. The van der Waals surface area contributed by atoms with Crippen LogP contribution in [0.2, 0.25) is 0 Å². The fourth-order valence-electron chi connectivity index (χ4n) is 4.28. The predicted molar refractivity (Wildman–Crippen MR) is 132 cm³/mol. The van der Waals surface area contributed by atoms with Crippen LogP contribution in [0.5, 0.6) is 0 Å². The standard InChI is InChI=1S/C27H28N4O2/c1-18-5-4-8-22(15-18)29-27(33)30-23-11-12-25(24(16-23)26(32)28-21-9-10-21)31-14-13-19-6-2-3-7-20(19)17-31/h2-8,11-12,15-16,21H,9-10,13-14,17H2,1H3,(H,28,32)(H2,29,30,33). The summed E-state index contributed by atoms with van der Waals surface area (Å²) in [4.78, 5) is 27.9. The lowest BCUT2D eigenvalue weighted by Crippen LogP contribution is -2.33. The summed E-state index contributed by atoms with van der Waals surface area (Å²) >= 11 is 0. The molecular formula is C27H28N4O2. The van der Waals surface area contributed by atoms with Gasteiger partial charge >= 0.3 is 6.03 Å². The van der Waals surface area contributed by atoms with Crippen molar-refractivity contribution in [1.29, 1.82) is 0 Å². The average Bonchev–Trinajstić information content (AvgIpc) is 3.62. The van der Waals surface area contributed by atoms with Crippen LogP contribution < -0.4 is 20.9 Å². The molecule has 3 aromatic carbocycles. The maximum absolute atomic E-state index is 13.1. The van der Waals surface area contributed by atoms with Gasteiger partial charge in [-0.1, -0.05) is 36.4 Å². The van der Waals surface area contributed by atoms with E-state index in [1.54, 1.807) is 6.07 Å². The molecule has 0 unspecified atom stereocenters. The van der Waals surface area contributed by atoms with Gasteiger partial charge in [0.2, 0.25) is 0 Å². The molecule has 3 N–H and O–H groups in total. The fourth-order valence-corrected chi connectivity index (χ4v) is 4.28. The Morgan fingerprint density at radius 3 is 2.39 bits per heavy atom. The topological polar surface area (TPSA) is 73.5 Å². The van der Waals surface area contributed by atoms with E-state index in [-0.39, 0.29) is 18.0 Å². The number of rotatable bonds is 5. The van der Waals surface area contributed by atoms with Gasteiger partial charge in [-0.15, -0.1) is 0 Å². The van der Waals surface area contributed by atoms with Gasteiger partial charge in [0.05, 0.1) is 5.56 Å². The minimum absolute atomic E-state index is 0.0888. The third-order valence-corrected chi connectivity index (χ3v) is 6.16. The number of nitrogens with zero attached hydrogens (tertiary/aromatic N) is 1. The zero-order valence-corrected chi connectivity index (χ0v) is 18.7. The smallest absolute Gasteiger partial charge is 0.323 e. The number of carbonyl (C=O) groups excluding carboxylic acids is 2. The Bertz CT molecular complexity index is 1200. The Hall–Kier alpha value is -3.80. The maximum atomic E-state index is 13.1. The second kappa shape index (κ2) is 8.98. The van der Waals surface area contributed by atoms with E-state index in [0.717, 1.165) is 49.3 Å². The van der Waals surface area contributed by atoms with E-state index in [1.165, 1.54) is 11.1 Å². The van der Waals surface area contributed by atoms with Crippen molar-refractivity contribution in [1.82, 2.24) is 5.32 Å². The minimum Gasteiger partial charge on any atom is -0.366 e. The van der Waals surface area contributed by atoms with Gasteiger partial charge in [0.1, 0.15) is 0 Å². The van der Waals surface area contributed by atoms with Crippen LogP contribution in [0, 0.1) is 6.92 Å². The number of hydrogen-bond acceptors (Lipinski definition) is 3. The summed E-state index contributed by atoms with van der Waals surface area (Å²) < 4.78 is 0. The van der Waals surface area contributed by atoms with Gasteiger partial charge in [-0.25, -0.2) is 4.79 Å². The molecule has 2 aliphatic rings. The lowest BCUT2D eigenvalue weighted by molar-refractivity contribution is 0.0951. The molecule has 3 aromatic rings. The highest BCUT2D eigenvalue weighted by atomic mass is 16.2. The van der Waals surface area contributed by atoms with E-state index in [2.05, 4.69) is 45.1 Å². The summed E-state index contributed by atoms with van der Waals surface area (Å²) in [5, 5.41) is 8.82. The molecule has 0 spiro atoms. The first kappa shape index (κ1) is 21.1. The lowest BCUT2D eigenvalue weighted by atomic mass is 9.98. The van der Waals surface area contributed by atoms with Crippen molar-refractivity contribution in [2.45, 2.75) is 38.8 Å². The number of urea groups is 1. The van der Waals surface area contributed by atoms with Gasteiger partial charge < -0.3 is 20.9 Å². The SMILES string of the molecule is Cc1cccc(NC(=O)Nc2ccc(N3CCc4ccccc4C3)c(C(=O)NC3CC3)c2)c1. The third-order valence-electron chi connectivity index (χ3n) is 6.16. The van der Waals surface area contributed by atoms with Gasteiger partial charge in [-0.3, -0.25) is 4.79 Å². The Morgan fingerprint density at radius 1 is 0.879 bits per heavy atom. The molecule has 1 heterocycles. The molecule has 1 aliphatic heterocycles. The molecule has 1 fully saturated rings. The third kappa shape index (κ3) is 5.00. The van der Waals surface area contributed by atoms with Crippen LogP contribution in [0.25, 0.3) is 0 Å². The first-order valence-corrected chi connectivity index (χ1v) is 11.5. The van der Waals surface area contributed by atoms with Crippen molar-refractivity contribution in [3.05, 3.63) is 89.0 Å². The zero-order chi connectivity index (χ0) is 22.8. The van der Waals surface area contributed by atoms with Crippen molar-refractivity contribution in [2.75, 3.05) is 22.1 Å². The number of benzene rings is 3. The Morgan fingerprint density at radius 2 is 1.64 bits per heavy atom. The number of fused-ring (bicyclic) bond motifs is 1. The fraction of sp³-hybridized carbons (Fsp3) is 0.259. The van der Waals surface area contributed by atoms with Crippen LogP contribution in [-0.4, -0.2) is 24.5 Å². The first-order chi connectivity index (χ1) is 16.0. The number of nitrogens with one attached hydrogen (secondary N) is 3. The summed E-state index contributed by atoms with van der Waals surface area (Å²) in [6, 6.07) is 21.6. The molecular weight excluding hydrogens is 412 g/mol. The summed E-state index contributed by atoms with van der Waals surface area (Å²) in [7, 11) is 0. The van der Waals surface area contributed by atoms with Crippen molar-refractivity contribution in [2.24, 2.45) is 0 Å². The molecule has 0 aromatic heterocycles. The first-order valence-electron chi connectivity index (χ1n) is 11.5. The number of hydrogen-bond donors (Lipinski definition) is 3. The summed E-state index contributed by atoms with van der Waals surface area (Å²) in [5.41, 5.74) is 6.52. The van der Waals surface area contributed by atoms with Gasteiger partial charge in [0.25, 0.3) is 5.91 Å². The van der Waals surface area contributed by atoms with Crippen LogP contribution in [0.3, 0.4) is 0 Å². The number of carbonyl (C=O) groups is 2. The van der Waals surface area contributed by atoms with Gasteiger partial charge in [0.15, 0.2) is 0 Å². The lowest BCUT2D eigenvalue weighted by Gasteiger charge is -2.32. The van der Waals surface area contributed by atoms with Crippen molar-refractivity contribution >= 4 is 29.0 Å². The second-order valence-corrected chi connectivity index (χ2v) is 8.87. The zero-order valence-electron chi connectivity index (χ0n) is 18.7. The molecule has 0 radical (unpaired) electrons. The normalized spacial score (nSPS) is 14.9. The van der Waals surface area contributed by atoms with Gasteiger partial charge in [-0.2, -0.15) is 0 Å². The van der Waals surface area contributed by atoms with Crippen LogP contribution in [0.1, 0.15) is 39.9 Å². The van der Waals surface area contributed by atoms with E-state index in [0.29, 0.717) is 11.3 Å².